The molecular formula is C24H26Cl2N4O5S2. The van der Waals surface area contributed by atoms with Crippen molar-refractivity contribution in [3.8, 4) is 0 Å². The summed E-state index contributed by atoms with van der Waals surface area (Å²) in [5.74, 6) is -0.606. The van der Waals surface area contributed by atoms with Gasteiger partial charge in [-0.05, 0) is 67.4 Å². The Morgan fingerprint density at radius 1 is 0.919 bits per heavy atom. The van der Waals surface area contributed by atoms with E-state index in [0.717, 1.165) is 14.2 Å². The number of carbonyl (C=O) groups is 1. The maximum atomic E-state index is 13.0. The normalized spacial score (nSPS) is 11.9. The Hall–Kier alpha value is -2.83. The highest BCUT2D eigenvalue weighted by atomic mass is 35.5. The predicted octanol–water partition coefficient (Wildman–Crippen LogP) is 4.66. The fourth-order valence-corrected chi connectivity index (χ4v) is 5.91. The zero-order valence-electron chi connectivity index (χ0n) is 20.5. The van der Waals surface area contributed by atoms with Crippen LogP contribution in [0, 0.1) is 13.8 Å². The number of rotatable bonds is 9. The largest absolute Gasteiger partial charge is 0.325 e. The highest BCUT2D eigenvalue weighted by Gasteiger charge is 2.28. The molecule has 0 radical (unpaired) electrons. The minimum Gasteiger partial charge on any atom is -0.325 e. The number of nitrogens with zero attached hydrogens (tertiary/aromatic N) is 2. The third-order valence-electron chi connectivity index (χ3n) is 5.30. The number of anilines is 3. The number of carbonyl (C=O) groups excluding carboxylic acids is 1. The van der Waals surface area contributed by atoms with E-state index in [0.29, 0.717) is 11.3 Å². The first-order valence-electron chi connectivity index (χ1n) is 10.9. The first kappa shape index (κ1) is 28.7. The summed E-state index contributed by atoms with van der Waals surface area (Å²) in [4.78, 5) is 12.8. The van der Waals surface area contributed by atoms with Crippen LogP contribution < -0.4 is 14.3 Å². The van der Waals surface area contributed by atoms with Crippen LogP contribution >= 0.6 is 23.2 Å². The van der Waals surface area contributed by atoms with E-state index in [9.17, 15) is 21.6 Å². The molecule has 0 spiro atoms. The lowest BCUT2D eigenvalue weighted by atomic mass is 10.1. The first-order valence-corrected chi connectivity index (χ1v) is 14.5. The van der Waals surface area contributed by atoms with Gasteiger partial charge < -0.3 is 5.32 Å². The second-order valence-corrected chi connectivity index (χ2v) is 12.9. The monoisotopic (exact) mass is 584 g/mol. The molecule has 0 fully saturated rings. The summed E-state index contributed by atoms with van der Waals surface area (Å²) in [5.41, 5.74) is 2.32. The predicted molar refractivity (Wildman–Crippen MR) is 148 cm³/mol. The van der Waals surface area contributed by atoms with Crippen LogP contribution in [-0.2, 0) is 25.0 Å². The lowest BCUT2D eigenvalue weighted by Gasteiger charge is -2.28. The van der Waals surface area contributed by atoms with Gasteiger partial charge in [-0.1, -0.05) is 41.4 Å². The molecule has 0 bridgehead atoms. The average Bonchev–Trinajstić information content (AvgIpc) is 2.82. The van der Waals surface area contributed by atoms with E-state index in [1.54, 1.807) is 25.1 Å². The van der Waals surface area contributed by atoms with E-state index >= 15 is 0 Å². The van der Waals surface area contributed by atoms with Crippen molar-refractivity contribution in [1.29, 1.82) is 0 Å². The maximum absolute atomic E-state index is 13.0. The summed E-state index contributed by atoms with van der Waals surface area (Å²) in [6.45, 7) is 3.10. The van der Waals surface area contributed by atoms with Crippen molar-refractivity contribution < 1.29 is 21.6 Å². The topological polar surface area (TPSA) is 116 Å². The number of benzene rings is 3. The molecule has 13 heteroatoms. The van der Waals surface area contributed by atoms with Gasteiger partial charge in [0.05, 0.1) is 26.3 Å². The zero-order valence-corrected chi connectivity index (χ0v) is 23.6. The molecule has 0 saturated heterocycles. The van der Waals surface area contributed by atoms with Crippen molar-refractivity contribution in [2.24, 2.45) is 0 Å². The van der Waals surface area contributed by atoms with Crippen molar-refractivity contribution in [1.82, 2.24) is 4.31 Å². The van der Waals surface area contributed by atoms with Gasteiger partial charge in [0.15, 0.2) is 0 Å². The van der Waals surface area contributed by atoms with Gasteiger partial charge in [0.25, 0.3) is 10.0 Å². The number of sulfonamides is 1. The molecule has 37 heavy (non-hydrogen) atoms. The van der Waals surface area contributed by atoms with E-state index in [1.165, 1.54) is 50.5 Å². The summed E-state index contributed by atoms with van der Waals surface area (Å²) in [6.07, 6.45) is 0. The Kier molecular flexibility index (Phi) is 8.76. The molecule has 3 rings (SSSR count). The molecule has 0 aliphatic rings. The van der Waals surface area contributed by atoms with Gasteiger partial charge in [0, 0.05) is 19.8 Å². The van der Waals surface area contributed by atoms with E-state index in [2.05, 4.69) is 10.0 Å². The van der Waals surface area contributed by atoms with Crippen molar-refractivity contribution in [2.45, 2.75) is 18.7 Å². The Balaban J connectivity index is 1.79. The molecule has 0 heterocycles. The van der Waals surface area contributed by atoms with Crippen LogP contribution in [0.3, 0.4) is 0 Å². The Labute approximate surface area is 227 Å². The molecule has 0 unspecified atom stereocenters. The highest BCUT2D eigenvalue weighted by molar-refractivity contribution is 7.92. The molecule has 0 aliphatic carbocycles. The summed E-state index contributed by atoms with van der Waals surface area (Å²) in [5, 5.41) is 2.88. The summed E-state index contributed by atoms with van der Waals surface area (Å²) in [6, 6.07) is 15.3. The van der Waals surface area contributed by atoms with Gasteiger partial charge in [-0.3, -0.25) is 9.52 Å². The minimum atomic E-state index is -3.99. The van der Waals surface area contributed by atoms with Crippen LogP contribution in [0.4, 0.5) is 17.1 Å². The number of amides is 1. The molecular weight excluding hydrogens is 559 g/mol. The van der Waals surface area contributed by atoms with E-state index in [1.807, 2.05) is 13.0 Å². The van der Waals surface area contributed by atoms with E-state index in [-0.39, 0.29) is 26.3 Å². The second kappa shape index (κ2) is 11.3. The van der Waals surface area contributed by atoms with Crippen LogP contribution in [0.15, 0.2) is 65.6 Å². The Bertz CT molecular complexity index is 1530. The highest BCUT2D eigenvalue weighted by Crippen LogP contribution is 2.31. The van der Waals surface area contributed by atoms with E-state index < -0.39 is 32.7 Å². The number of hydrogen-bond acceptors (Lipinski definition) is 5. The number of nitrogens with one attached hydrogen (secondary N) is 2. The summed E-state index contributed by atoms with van der Waals surface area (Å²) >= 11 is 12.0. The van der Waals surface area contributed by atoms with Crippen molar-refractivity contribution in [3.05, 3.63) is 81.8 Å². The molecule has 0 aliphatic heterocycles. The number of hydrogen-bond donors (Lipinski definition) is 2. The van der Waals surface area contributed by atoms with Gasteiger partial charge in [-0.25, -0.2) is 12.7 Å². The molecule has 0 atom stereocenters. The molecule has 0 aromatic heterocycles. The molecule has 198 valence electrons. The van der Waals surface area contributed by atoms with Gasteiger partial charge in [0.2, 0.25) is 5.91 Å². The van der Waals surface area contributed by atoms with Gasteiger partial charge in [-0.2, -0.15) is 12.7 Å². The SMILES string of the molecule is Cc1ccc(C)c(N(CC(=O)Nc2ccc(S(=O)(=O)Nc3cccc(Cl)c3Cl)cc2)S(=O)(=O)N(C)C)c1. The van der Waals surface area contributed by atoms with Gasteiger partial charge in [-0.15, -0.1) is 0 Å². The smallest absolute Gasteiger partial charge is 0.304 e. The van der Waals surface area contributed by atoms with Crippen molar-refractivity contribution in [3.63, 3.8) is 0 Å². The zero-order chi connectivity index (χ0) is 27.5. The van der Waals surface area contributed by atoms with Crippen LogP contribution in [0.2, 0.25) is 10.0 Å². The summed E-state index contributed by atoms with van der Waals surface area (Å²) < 4.78 is 56.0. The Morgan fingerprint density at radius 3 is 2.19 bits per heavy atom. The van der Waals surface area contributed by atoms with Crippen LogP contribution in [0.25, 0.3) is 0 Å². The Morgan fingerprint density at radius 2 is 1.57 bits per heavy atom. The molecule has 1 amide bonds. The van der Waals surface area contributed by atoms with Gasteiger partial charge in [0.1, 0.15) is 6.54 Å². The molecule has 2 N–H and O–H groups in total. The molecule has 9 nitrogen and oxygen atoms in total. The molecule has 0 saturated carbocycles. The first-order chi connectivity index (χ1) is 17.2. The van der Waals surface area contributed by atoms with E-state index in [4.69, 9.17) is 23.2 Å². The molecule has 3 aromatic rings. The second-order valence-electron chi connectivity index (χ2n) is 8.37. The molecule has 3 aromatic carbocycles. The maximum Gasteiger partial charge on any atom is 0.304 e. The fraction of sp³-hybridized carbons (Fsp3) is 0.208. The lowest BCUT2D eigenvalue weighted by Crippen LogP contribution is -2.44. The third kappa shape index (κ3) is 6.74. The van der Waals surface area contributed by atoms with Crippen LogP contribution in [0.1, 0.15) is 11.1 Å². The van der Waals surface area contributed by atoms with Crippen molar-refractivity contribution in [2.75, 3.05) is 35.0 Å². The van der Waals surface area contributed by atoms with Gasteiger partial charge >= 0.3 is 10.2 Å². The standard InChI is InChI=1S/C24H26Cl2N4O5S2/c1-16-8-9-17(2)22(14-16)30(37(34,35)29(3)4)15-23(31)27-18-10-12-19(13-11-18)36(32,33)28-21-7-5-6-20(25)24(21)26/h5-14,28H,15H2,1-4H3,(H,27,31). The quantitative estimate of drug-likeness (QED) is 0.379. The number of aryl methyl sites for hydroxylation is 2. The van der Waals surface area contributed by atoms with Crippen LogP contribution in [0.5, 0.6) is 0 Å². The average molecular weight is 586 g/mol. The van der Waals surface area contributed by atoms with Crippen molar-refractivity contribution >= 4 is 66.4 Å². The van der Waals surface area contributed by atoms with Crippen LogP contribution in [-0.4, -0.2) is 47.7 Å². The summed E-state index contributed by atoms with van der Waals surface area (Å²) in [7, 11) is -5.20. The minimum absolute atomic E-state index is 0.0673. The lowest BCUT2D eigenvalue weighted by molar-refractivity contribution is -0.114. The number of halogens is 2. The fourth-order valence-electron chi connectivity index (χ4n) is 3.31. The third-order valence-corrected chi connectivity index (χ3v) is 9.31.